The molecule has 0 radical (unpaired) electrons. The lowest BCUT2D eigenvalue weighted by Gasteiger charge is -2.15. The highest BCUT2D eigenvalue weighted by molar-refractivity contribution is 9.10. The van der Waals surface area contributed by atoms with Crippen molar-refractivity contribution in [1.82, 2.24) is 9.66 Å². The van der Waals surface area contributed by atoms with Crippen LogP contribution in [0.3, 0.4) is 0 Å². The van der Waals surface area contributed by atoms with Gasteiger partial charge in [0.1, 0.15) is 11.5 Å². The van der Waals surface area contributed by atoms with E-state index in [4.69, 9.17) is 9.47 Å². The van der Waals surface area contributed by atoms with Gasteiger partial charge in [-0.05, 0) is 48.0 Å². The van der Waals surface area contributed by atoms with Gasteiger partial charge in [0.05, 0.1) is 25.1 Å². The Kier molecular flexibility index (Phi) is 6.55. The minimum absolute atomic E-state index is 0.251. The van der Waals surface area contributed by atoms with Gasteiger partial charge in [-0.1, -0.05) is 40.2 Å². The van der Waals surface area contributed by atoms with Gasteiger partial charge in [-0.25, -0.2) is 4.98 Å². The van der Waals surface area contributed by atoms with Gasteiger partial charge in [0, 0.05) is 22.2 Å². The summed E-state index contributed by atoms with van der Waals surface area (Å²) >= 11 is 3.38. The fraction of sp³-hybridized carbons (Fsp3) is 0.0800. The molecule has 166 valence electrons. The second kappa shape index (κ2) is 9.70. The zero-order valence-electron chi connectivity index (χ0n) is 17.9. The highest BCUT2D eigenvalue weighted by Crippen LogP contribution is 2.29. The maximum absolute atomic E-state index is 13.3. The Labute approximate surface area is 198 Å². The lowest BCUT2D eigenvalue weighted by atomic mass is 10.1. The third-order valence-electron chi connectivity index (χ3n) is 4.90. The summed E-state index contributed by atoms with van der Waals surface area (Å²) < 4.78 is 12.8. The van der Waals surface area contributed by atoms with E-state index >= 15 is 0 Å². The minimum atomic E-state index is -0.479. The number of fused-ring (bicyclic) bond motifs is 1. The smallest absolute Gasteiger partial charge is 0.280 e. The maximum atomic E-state index is 13.3. The van der Waals surface area contributed by atoms with Crippen molar-refractivity contribution in [3.8, 4) is 22.9 Å². The monoisotopic (exact) mass is 505 g/mol. The molecule has 8 heteroatoms. The first-order valence-electron chi connectivity index (χ1n) is 9.98. The molecule has 0 fully saturated rings. The molecule has 33 heavy (non-hydrogen) atoms. The van der Waals surface area contributed by atoms with E-state index in [1.807, 2.05) is 24.3 Å². The Bertz CT molecular complexity index is 1390. The number of rotatable bonds is 6. The van der Waals surface area contributed by atoms with Gasteiger partial charge in [0.15, 0.2) is 5.82 Å². The lowest BCUT2D eigenvalue weighted by molar-refractivity contribution is -0.112. The van der Waals surface area contributed by atoms with Crippen LogP contribution in [-0.2, 0) is 4.79 Å². The molecule has 1 N–H and O–H groups in total. The molecule has 0 saturated heterocycles. The Morgan fingerprint density at radius 1 is 1.00 bits per heavy atom. The second-order valence-corrected chi connectivity index (χ2v) is 7.97. The quantitative estimate of drug-likeness (QED) is 0.386. The molecule has 4 rings (SSSR count). The van der Waals surface area contributed by atoms with Crippen molar-refractivity contribution in [2.45, 2.75) is 0 Å². The highest BCUT2D eigenvalue weighted by atomic mass is 79.9. The Morgan fingerprint density at radius 2 is 1.67 bits per heavy atom. The molecular weight excluding hydrogens is 486 g/mol. The minimum Gasteiger partial charge on any atom is -0.497 e. The number of nitrogens with one attached hydrogen (secondary N) is 1. The average Bonchev–Trinajstić information content (AvgIpc) is 2.85. The molecule has 4 aromatic rings. The number of halogens is 1. The Hall–Kier alpha value is -3.91. The molecule has 0 saturated carbocycles. The van der Waals surface area contributed by atoms with Crippen LogP contribution in [0.25, 0.3) is 28.4 Å². The van der Waals surface area contributed by atoms with Crippen LogP contribution in [0.1, 0.15) is 5.56 Å². The maximum Gasteiger partial charge on any atom is 0.280 e. The number of hydrogen-bond acceptors (Lipinski definition) is 5. The Balaban J connectivity index is 1.80. The van der Waals surface area contributed by atoms with Crippen molar-refractivity contribution in [3.05, 3.63) is 93.2 Å². The van der Waals surface area contributed by atoms with E-state index in [-0.39, 0.29) is 5.82 Å². The number of amides is 1. The van der Waals surface area contributed by atoms with Crippen molar-refractivity contribution in [3.63, 3.8) is 0 Å². The summed E-state index contributed by atoms with van der Waals surface area (Å²) in [5.41, 5.74) is 4.15. The molecule has 0 unspecified atom stereocenters. The average molecular weight is 506 g/mol. The molecule has 0 atom stereocenters. The fourth-order valence-corrected chi connectivity index (χ4v) is 3.52. The lowest BCUT2D eigenvalue weighted by Crippen LogP contribution is -2.34. The van der Waals surface area contributed by atoms with Crippen LogP contribution in [0.4, 0.5) is 0 Å². The number of para-hydroxylation sites is 1. The van der Waals surface area contributed by atoms with Crippen LogP contribution >= 0.6 is 15.9 Å². The number of methoxy groups -OCH3 is 2. The summed E-state index contributed by atoms with van der Waals surface area (Å²) in [6.07, 6.45) is 3.02. The van der Waals surface area contributed by atoms with Gasteiger partial charge in [0.2, 0.25) is 0 Å². The Morgan fingerprint density at radius 3 is 2.33 bits per heavy atom. The number of ether oxygens (including phenoxy) is 2. The van der Waals surface area contributed by atoms with Crippen LogP contribution < -0.4 is 20.5 Å². The first-order valence-corrected chi connectivity index (χ1v) is 10.8. The number of nitrogens with zero attached hydrogens (tertiary/aromatic N) is 2. The van der Waals surface area contributed by atoms with Gasteiger partial charge in [-0.2, -0.15) is 4.68 Å². The molecule has 1 heterocycles. The summed E-state index contributed by atoms with van der Waals surface area (Å²) in [7, 11) is 3.07. The molecule has 0 aliphatic heterocycles. The van der Waals surface area contributed by atoms with Crippen LogP contribution in [0, 0.1) is 0 Å². The van der Waals surface area contributed by atoms with Gasteiger partial charge >= 0.3 is 0 Å². The van der Waals surface area contributed by atoms with Crippen LogP contribution in [0.5, 0.6) is 11.5 Å². The standard InChI is InChI=1S/C25H20BrN3O4/c1-32-19-13-17(14-20(15-19)33-2)24-27-22-6-4-3-5-21(22)25(31)29(24)28-23(30)12-9-16-7-10-18(26)11-8-16/h3-15H,1-2H3,(H,28,30). The summed E-state index contributed by atoms with van der Waals surface area (Å²) in [6, 6.07) is 19.6. The van der Waals surface area contributed by atoms with Crippen molar-refractivity contribution in [2.24, 2.45) is 0 Å². The van der Waals surface area contributed by atoms with Crippen LogP contribution in [0.2, 0.25) is 0 Å². The van der Waals surface area contributed by atoms with Crippen LogP contribution in [-0.4, -0.2) is 29.8 Å². The molecular formula is C25H20BrN3O4. The summed E-state index contributed by atoms with van der Waals surface area (Å²) in [5, 5.41) is 0.383. The topological polar surface area (TPSA) is 82.4 Å². The molecule has 0 aliphatic rings. The fourth-order valence-electron chi connectivity index (χ4n) is 3.26. The van der Waals surface area contributed by atoms with Gasteiger partial charge < -0.3 is 9.47 Å². The zero-order valence-corrected chi connectivity index (χ0v) is 19.5. The summed E-state index contributed by atoms with van der Waals surface area (Å²) in [4.78, 5) is 30.7. The molecule has 0 aliphatic carbocycles. The number of carbonyl (C=O) groups is 1. The van der Waals surface area contributed by atoms with Crippen molar-refractivity contribution >= 4 is 38.8 Å². The number of carbonyl (C=O) groups excluding carboxylic acids is 1. The van der Waals surface area contributed by atoms with E-state index in [0.717, 1.165) is 14.7 Å². The first-order chi connectivity index (χ1) is 16.0. The molecule has 7 nitrogen and oxygen atoms in total. The predicted octanol–water partition coefficient (Wildman–Crippen LogP) is 4.63. The first kappa shape index (κ1) is 22.3. The summed E-state index contributed by atoms with van der Waals surface area (Å²) in [6.45, 7) is 0. The van der Waals surface area contributed by atoms with E-state index in [0.29, 0.717) is 28.0 Å². The van der Waals surface area contributed by atoms with E-state index in [2.05, 4.69) is 26.3 Å². The van der Waals surface area contributed by atoms with Crippen molar-refractivity contribution in [1.29, 1.82) is 0 Å². The SMILES string of the molecule is COc1cc(OC)cc(-c2nc3ccccc3c(=O)n2NC(=O)C=Cc2ccc(Br)cc2)c1. The molecule has 3 aromatic carbocycles. The number of benzene rings is 3. The van der Waals surface area contributed by atoms with Crippen LogP contribution in [0.15, 0.2) is 82.1 Å². The normalized spacial score (nSPS) is 11.0. The molecule has 1 aromatic heterocycles. The second-order valence-electron chi connectivity index (χ2n) is 7.06. The van der Waals surface area contributed by atoms with Crippen molar-refractivity contribution in [2.75, 3.05) is 19.6 Å². The van der Waals surface area contributed by atoms with Gasteiger partial charge in [-0.15, -0.1) is 0 Å². The van der Waals surface area contributed by atoms with E-state index in [1.54, 1.807) is 48.5 Å². The predicted molar refractivity (Wildman–Crippen MR) is 132 cm³/mol. The zero-order chi connectivity index (χ0) is 23.4. The van der Waals surface area contributed by atoms with E-state index in [1.165, 1.54) is 20.3 Å². The summed E-state index contributed by atoms with van der Waals surface area (Å²) in [5.74, 6) is 0.828. The number of aromatic nitrogens is 2. The van der Waals surface area contributed by atoms with E-state index in [9.17, 15) is 9.59 Å². The van der Waals surface area contributed by atoms with Crippen molar-refractivity contribution < 1.29 is 14.3 Å². The van der Waals surface area contributed by atoms with Gasteiger partial charge in [0.25, 0.3) is 11.5 Å². The third kappa shape index (κ3) is 4.96. The van der Waals surface area contributed by atoms with E-state index < -0.39 is 11.5 Å². The molecule has 0 bridgehead atoms. The molecule has 1 amide bonds. The molecule has 0 spiro atoms. The highest BCUT2D eigenvalue weighted by Gasteiger charge is 2.16. The largest absolute Gasteiger partial charge is 0.497 e. The van der Waals surface area contributed by atoms with Gasteiger partial charge in [-0.3, -0.25) is 15.0 Å². The third-order valence-corrected chi connectivity index (χ3v) is 5.43. The number of hydrogen-bond donors (Lipinski definition) is 1.